The number of imidazole rings is 1. The van der Waals surface area contributed by atoms with Crippen LogP contribution in [-0.2, 0) is 0 Å². The van der Waals surface area contributed by atoms with Crippen LogP contribution >= 0.6 is 0 Å². The zero-order chi connectivity index (χ0) is 18.1. The first kappa shape index (κ1) is 16.3. The molecule has 0 saturated heterocycles. The summed E-state index contributed by atoms with van der Waals surface area (Å²) in [5.41, 5.74) is 0.977. The highest BCUT2D eigenvalue weighted by Gasteiger charge is 2.23. The van der Waals surface area contributed by atoms with Gasteiger partial charge in [-0.25, -0.2) is 19.3 Å². The van der Waals surface area contributed by atoms with Crippen LogP contribution in [0.25, 0.3) is 16.9 Å². The average Bonchev–Trinajstić information content (AvgIpc) is 3.27. The highest BCUT2D eigenvalue weighted by atomic mass is 16.5. The Morgan fingerprint density at radius 3 is 2.81 bits per heavy atom. The minimum atomic E-state index is -0.403. The van der Waals surface area contributed by atoms with Crippen molar-refractivity contribution in [3.8, 4) is 11.4 Å². The maximum Gasteiger partial charge on any atom is 0.332 e. The number of rotatable bonds is 4. The third-order valence-corrected chi connectivity index (χ3v) is 4.71. The normalized spacial score (nSPS) is 14.7. The summed E-state index contributed by atoms with van der Waals surface area (Å²) in [6, 6.07) is 7.30. The van der Waals surface area contributed by atoms with Crippen molar-refractivity contribution in [2.24, 2.45) is 0 Å². The number of benzene rings is 1. The van der Waals surface area contributed by atoms with Crippen molar-refractivity contribution in [2.75, 3.05) is 7.11 Å². The highest BCUT2D eigenvalue weighted by molar-refractivity contribution is 6.02. The van der Waals surface area contributed by atoms with Gasteiger partial charge in [0.15, 0.2) is 11.3 Å². The van der Waals surface area contributed by atoms with Gasteiger partial charge in [0.1, 0.15) is 17.6 Å². The van der Waals surface area contributed by atoms with Crippen molar-refractivity contribution in [2.45, 2.75) is 31.7 Å². The van der Waals surface area contributed by atoms with Crippen LogP contribution < -0.4 is 15.7 Å². The van der Waals surface area contributed by atoms with Crippen LogP contribution in [-0.4, -0.2) is 38.6 Å². The summed E-state index contributed by atoms with van der Waals surface area (Å²) in [6.07, 6.45) is 5.47. The number of para-hydroxylation sites is 2. The molecule has 26 heavy (non-hydrogen) atoms. The van der Waals surface area contributed by atoms with E-state index in [2.05, 4.69) is 20.3 Å². The predicted octanol–water partition coefficient (Wildman–Crippen LogP) is 1.79. The fourth-order valence-electron chi connectivity index (χ4n) is 3.45. The van der Waals surface area contributed by atoms with Crippen molar-refractivity contribution in [1.29, 1.82) is 0 Å². The number of amides is 1. The molecule has 8 nitrogen and oxygen atoms in total. The Labute approximate surface area is 149 Å². The van der Waals surface area contributed by atoms with Crippen molar-refractivity contribution in [3.63, 3.8) is 0 Å². The summed E-state index contributed by atoms with van der Waals surface area (Å²) in [5.74, 6) is 0.240. The van der Waals surface area contributed by atoms with Crippen LogP contribution in [0.3, 0.4) is 0 Å². The first-order valence-electron chi connectivity index (χ1n) is 8.59. The number of hydrogen-bond donors (Lipinski definition) is 2. The molecule has 0 spiro atoms. The van der Waals surface area contributed by atoms with Gasteiger partial charge in [-0.2, -0.15) is 0 Å². The maximum atomic E-state index is 12.6. The van der Waals surface area contributed by atoms with Gasteiger partial charge in [0.05, 0.1) is 12.8 Å². The molecule has 0 atom stereocenters. The molecule has 2 N–H and O–H groups in total. The van der Waals surface area contributed by atoms with E-state index in [1.54, 1.807) is 18.2 Å². The lowest BCUT2D eigenvalue weighted by atomic mass is 10.2. The van der Waals surface area contributed by atoms with E-state index in [1.165, 1.54) is 18.0 Å². The number of aromatic nitrogens is 4. The quantitative estimate of drug-likeness (QED) is 0.744. The second-order valence-corrected chi connectivity index (χ2v) is 6.31. The van der Waals surface area contributed by atoms with E-state index in [0.717, 1.165) is 25.7 Å². The third-order valence-electron chi connectivity index (χ3n) is 4.71. The van der Waals surface area contributed by atoms with Crippen LogP contribution in [0.15, 0.2) is 35.4 Å². The Kier molecular flexibility index (Phi) is 4.16. The van der Waals surface area contributed by atoms with Gasteiger partial charge in [-0.15, -0.1) is 0 Å². The fourth-order valence-corrected chi connectivity index (χ4v) is 3.45. The number of carbonyl (C=O) groups excluding carboxylic acids is 1. The average molecular weight is 353 g/mol. The molecule has 0 unspecified atom stereocenters. The van der Waals surface area contributed by atoms with Gasteiger partial charge in [0.2, 0.25) is 0 Å². The van der Waals surface area contributed by atoms with Crippen molar-refractivity contribution >= 4 is 17.1 Å². The molecule has 1 aliphatic rings. The van der Waals surface area contributed by atoms with E-state index in [-0.39, 0.29) is 17.6 Å². The third kappa shape index (κ3) is 2.73. The molecule has 0 bridgehead atoms. The number of hydrogen-bond acceptors (Lipinski definition) is 5. The highest BCUT2D eigenvalue weighted by Crippen LogP contribution is 2.24. The number of ether oxygens (including phenoxy) is 1. The van der Waals surface area contributed by atoms with E-state index < -0.39 is 5.69 Å². The van der Waals surface area contributed by atoms with E-state index in [4.69, 9.17) is 4.74 Å². The summed E-state index contributed by atoms with van der Waals surface area (Å²) in [6.45, 7) is 0. The second kappa shape index (κ2) is 6.62. The maximum absolute atomic E-state index is 12.6. The number of aromatic amines is 1. The molecule has 0 aliphatic heterocycles. The van der Waals surface area contributed by atoms with E-state index in [1.807, 2.05) is 6.07 Å². The molecule has 1 saturated carbocycles. The number of carbonyl (C=O) groups is 1. The van der Waals surface area contributed by atoms with Gasteiger partial charge in [-0.1, -0.05) is 25.0 Å². The zero-order valence-corrected chi connectivity index (χ0v) is 14.4. The number of nitrogens with one attached hydrogen (secondary N) is 2. The van der Waals surface area contributed by atoms with Crippen LogP contribution in [0, 0.1) is 0 Å². The van der Waals surface area contributed by atoms with E-state index in [0.29, 0.717) is 22.6 Å². The summed E-state index contributed by atoms with van der Waals surface area (Å²) < 4.78 is 6.73. The number of H-pyrrole nitrogens is 1. The molecule has 3 aromatic rings. The van der Waals surface area contributed by atoms with Crippen LogP contribution in [0.1, 0.15) is 36.2 Å². The smallest absolute Gasteiger partial charge is 0.332 e. The molecule has 134 valence electrons. The molecule has 0 radical (unpaired) electrons. The molecular formula is C18H19N5O3. The van der Waals surface area contributed by atoms with Gasteiger partial charge in [-0.05, 0) is 25.0 Å². The molecule has 4 rings (SSSR count). The van der Waals surface area contributed by atoms with Crippen molar-refractivity contribution in [1.82, 2.24) is 24.8 Å². The lowest BCUT2D eigenvalue weighted by Gasteiger charge is -2.11. The molecule has 2 aromatic heterocycles. The minimum Gasteiger partial charge on any atom is -0.495 e. The standard InChI is InChI=1S/C18H19N5O3/c1-26-13-9-5-4-8-12(13)23-16-14(22-18(23)25)15(19-10-20-16)17(24)21-11-6-2-3-7-11/h4-5,8-11H,2-3,6-7H2,1H3,(H,21,24)(H,22,25). The SMILES string of the molecule is COc1ccccc1-n1c(=O)[nH]c2c(C(=O)NC3CCCC3)ncnc21. The molecular weight excluding hydrogens is 334 g/mol. The van der Waals surface area contributed by atoms with Gasteiger partial charge in [0.25, 0.3) is 5.91 Å². The summed E-state index contributed by atoms with van der Waals surface area (Å²) >= 11 is 0. The molecule has 1 fully saturated rings. The lowest BCUT2D eigenvalue weighted by Crippen LogP contribution is -2.33. The van der Waals surface area contributed by atoms with Gasteiger partial charge in [-0.3, -0.25) is 4.79 Å². The zero-order valence-electron chi connectivity index (χ0n) is 14.4. The molecule has 1 aromatic carbocycles. The van der Waals surface area contributed by atoms with E-state index >= 15 is 0 Å². The monoisotopic (exact) mass is 353 g/mol. The Balaban J connectivity index is 1.81. The number of methoxy groups -OCH3 is 1. The van der Waals surface area contributed by atoms with Gasteiger partial charge < -0.3 is 15.0 Å². The van der Waals surface area contributed by atoms with Crippen LogP contribution in [0.2, 0.25) is 0 Å². The van der Waals surface area contributed by atoms with E-state index in [9.17, 15) is 9.59 Å². The lowest BCUT2D eigenvalue weighted by molar-refractivity contribution is 0.0934. The molecule has 8 heteroatoms. The first-order chi connectivity index (χ1) is 12.7. The summed E-state index contributed by atoms with van der Waals surface area (Å²) in [5, 5.41) is 2.99. The van der Waals surface area contributed by atoms with Crippen LogP contribution in [0.5, 0.6) is 5.75 Å². The van der Waals surface area contributed by atoms with Crippen molar-refractivity contribution in [3.05, 3.63) is 46.8 Å². The van der Waals surface area contributed by atoms with Gasteiger partial charge in [0, 0.05) is 6.04 Å². The summed E-state index contributed by atoms with van der Waals surface area (Å²) in [7, 11) is 1.54. The van der Waals surface area contributed by atoms with Gasteiger partial charge >= 0.3 is 5.69 Å². The Bertz CT molecular complexity index is 1020. The Morgan fingerprint density at radius 1 is 1.27 bits per heavy atom. The molecule has 1 aliphatic carbocycles. The Hall–Kier alpha value is -3.16. The summed E-state index contributed by atoms with van der Waals surface area (Å²) in [4.78, 5) is 36.2. The van der Waals surface area contributed by atoms with Crippen LogP contribution in [0.4, 0.5) is 0 Å². The second-order valence-electron chi connectivity index (χ2n) is 6.31. The number of nitrogens with zero attached hydrogens (tertiary/aromatic N) is 3. The first-order valence-corrected chi connectivity index (χ1v) is 8.59. The molecule has 1 amide bonds. The fraction of sp³-hybridized carbons (Fsp3) is 0.333. The molecule has 2 heterocycles. The number of fused-ring (bicyclic) bond motifs is 1. The largest absolute Gasteiger partial charge is 0.495 e. The predicted molar refractivity (Wildman–Crippen MR) is 95.8 cm³/mol. The minimum absolute atomic E-state index is 0.163. The Morgan fingerprint density at radius 2 is 2.04 bits per heavy atom. The van der Waals surface area contributed by atoms with Crippen molar-refractivity contribution < 1.29 is 9.53 Å². The topological polar surface area (TPSA) is 102 Å².